The summed E-state index contributed by atoms with van der Waals surface area (Å²) in [6.07, 6.45) is 4.13. The lowest BCUT2D eigenvalue weighted by Crippen LogP contribution is -2.30. The van der Waals surface area contributed by atoms with Crippen LogP contribution in [-0.4, -0.2) is 23.9 Å². The zero-order valence-corrected chi connectivity index (χ0v) is 9.26. The van der Waals surface area contributed by atoms with Crippen molar-refractivity contribution >= 4 is 5.91 Å². The molecule has 1 amide bonds. The molecule has 0 fully saturated rings. The van der Waals surface area contributed by atoms with Gasteiger partial charge in [0.25, 0.3) is 0 Å². The number of allylic oxidation sites excluding steroid dienone is 1. The van der Waals surface area contributed by atoms with Crippen LogP contribution < -0.4 is 0 Å². The van der Waals surface area contributed by atoms with Gasteiger partial charge in [-0.05, 0) is 27.2 Å². The average molecular weight is 183 g/mol. The van der Waals surface area contributed by atoms with Gasteiger partial charge in [-0.15, -0.1) is 0 Å². The largest absolute Gasteiger partial charge is 0.340 e. The molecular formula is C11H21NO. The van der Waals surface area contributed by atoms with E-state index in [0.717, 1.165) is 31.5 Å². The van der Waals surface area contributed by atoms with Crippen molar-refractivity contribution in [2.45, 2.75) is 40.5 Å². The number of nitrogens with zero attached hydrogens (tertiary/aromatic N) is 1. The van der Waals surface area contributed by atoms with Crippen LogP contribution in [0.1, 0.15) is 40.5 Å². The molecule has 76 valence electrons. The Kier molecular flexibility index (Phi) is 6.29. The van der Waals surface area contributed by atoms with Crippen molar-refractivity contribution in [1.82, 2.24) is 4.90 Å². The van der Waals surface area contributed by atoms with Crippen molar-refractivity contribution < 1.29 is 4.79 Å². The van der Waals surface area contributed by atoms with Crippen molar-refractivity contribution in [2.24, 2.45) is 0 Å². The molecule has 2 nitrogen and oxygen atoms in total. The van der Waals surface area contributed by atoms with E-state index in [0.29, 0.717) is 0 Å². The first-order valence-corrected chi connectivity index (χ1v) is 5.13. The first-order valence-electron chi connectivity index (χ1n) is 5.13. The Hall–Kier alpha value is -0.790. The molecule has 13 heavy (non-hydrogen) atoms. The monoisotopic (exact) mass is 183 g/mol. The predicted octanol–water partition coefficient (Wildman–Crippen LogP) is 2.60. The Morgan fingerprint density at radius 1 is 1.23 bits per heavy atom. The van der Waals surface area contributed by atoms with Crippen LogP contribution >= 0.6 is 0 Å². The van der Waals surface area contributed by atoms with E-state index in [1.54, 1.807) is 0 Å². The van der Waals surface area contributed by atoms with Crippen LogP contribution in [0.2, 0.25) is 0 Å². The van der Waals surface area contributed by atoms with Gasteiger partial charge in [-0.1, -0.05) is 19.4 Å². The molecule has 0 aliphatic rings. The van der Waals surface area contributed by atoms with E-state index in [1.165, 1.54) is 0 Å². The molecule has 0 N–H and O–H groups in total. The fourth-order valence-corrected chi connectivity index (χ4v) is 1.21. The smallest absolute Gasteiger partial charge is 0.249 e. The second kappa shape index (κ2) is 6.70. The number of rotatable bonds is 5. The van der Waals surface area contributed by atoms with Gasteiger partial charge in [-0.25, -0.2) is 0 Å². The zero-order chi connectivity index (χ0) is 10.3. The number of carbonyl (C=O) groups is 1. The molecule has 0 bridgehead atoms. The molecule has 0 aromatic heterocycles. The van der Waals surface area contributed by atoms with Crippen molar-refractivity contribution in [3.63, 3.8) is 0 Å². The molecule has 0 aromatic rings. The molecule has 0 rings (SSSR count). The van der Waals surface area contributed by atoms with E-state index in [-0.39, 0.29) is 5.91 Å². The van der Waals surface area contributed by atoms with Gasteiger partial charge in [-0.2, -0.15) is 0 Å². The first kappa shape index (κ1) is 12.2. The normalized spacial score (nSPS) is 11.5. The maximum absolute atomic E-state index is 11.7. The molecular weight excluding hydrogens is 162 g/mol. The van der Waals surface area contributed by atoms with E-state index in [9.17, 15) is 4.79 Å². The topological polar surface area (TPSA) is 20.3 Å². The zero-order valence-electron chi connectivity index (χ0n) is 9.26. The molecule has 2 heteroatoms. The maximum Gasteiger partial charge on any atom is 0.249 e. The second-order valence-corrected chi connectivity index (χ2v) is 3.15. The lowest BCUT2D eigenvalue weighted by Gasteiger charge is -2.18. The van der Waals surface area contributed by atoms with Crippen molar-refractivity contribution in [1.29, 1.82) is 0 Å². The van der Waals surface area contributed by atoms with Gasteiger partial charge in [0.15, 0.2) is 0 Å². The lowest BCUT2D eigenvalue weighted by atomic mass is 10.2. The van der Waals surface area contributed by atoms with Gasteiger partial charge in [0.2, 0.25) is 5.91 Å². The van der Waals surface area contributed by atoms with E-state index in [1.807, 2.05) is 31.7 Å². The van der Waals surface area contributed by atoms with Crippen LogP contribution in [0.3, 0.4) is 0 Å². The summed E-state index contributed by atoms with van der Waals surface area (Å²) < 4.78 is 0. The highest BCUT2D eigenvalue weighted by Gasteiger charge is 2.10. The van der Waals surface area contributed by atoms with Gasteiger partial charge in [0.1, 0.15) is 0 Å². The summed E-state index contributed by atoms with van der Waals surface area (Å²) in [7, 11) is 0. The highest BCUT2D eigenvalue weighted by molar-refractivity contribution is 5.92. The Balaban J connectivity index is 4.22. The molecule has 0 aliphatic heterocycles. The van der Waals surface area contributed by atoms with Crippen LogP contribution in [0.5, 0.6) is 0 Å². The van der Waals surface area contributed by atoms with Crippen LogP contribution in [0.15, 0.2) is 11.6 Å². The summed E-state index contributed by atoms with van der Waals surface area (Å²) in [4.78, 5) is 13.5. The van der Waals surface area contributed by atoms with Crippen LogP contribution in [0, 0.1) is 0 Å². The van der Waals surface area contributed by atoms with Crippen molar-refractivity contribution in [2.75, 3.05) is 13.1 Å². The first-order chi connectivity index (χ1) is 6.17. The average Bonchev–Trinajstić information content (AvgIpc) is 2.15. The third kappa shape index (κ3) is 4.11. The minimum Gasteiger partial charge on any atom is -0.340 e. The predicted molar refractivity (Wildman–Crippen MR) is 56.6 cm³/mol. The van der Waals surface area contributed by atoms with Gasteiger partial charge < -0.3 is 4.90 Å². The number of carbonyl (C=O) groups excluding carboxylic acids is 1. The van der Waals surface area contributed by atoms with Crippen LogP contribution in [0.4, 0.5) is 0 Å². The fraction of sp³-hybridized carbons (Fsp3) is 0.727. The minimum absolute atomic E-state index is 0.179. The standard InChI is InChI=1S/C11H21NO/c1-5-8-9-10(4)11(13)12(6-2)7-3/h9H,5-8H2,1-4H3/b10-9+. The molecule has 0 aliphatic carbocycles. The molecule has 0 saturated heterocycles. The highest BCUT2D eigenvalue weighted by Crippen LogP contribution is 2.03. The lowest BCUT2D eigenvalue weighted by molar-refractivity contribution is -0.126. The van der Waals surface area contributed by atoms with E-state index < -0.39 is 0 Å². The molecule has 0 atom stereocenters. The maximum atomic E-state index is 11.7. The highest BCUT2D eigenvalue weighted by atomic mass is 16.2. The van der Waals surface area contributed by atoms with Crippen molar-refractivity contribution in [3.05, 3.63) is 11.6 Å². The molecule has 0 unspecified atom stereocenters. The van der Waals surface area contributed by atoms with Gasteiger partial charge in [0.05, 0.1) is 0 Å². The summed E-state index contributed by atoms with van der Waals surface area (Å²) in [5.41, 5.74) is 0.880. The quantitative estimate of drug-likeness (QED) is 0.600. The summed E-state index contributed by atoms with van der Waals surface area (Å²) in [6.45, 7) is 9.63. The molecule has 0 heterocycles. The van der Waals surface area contributed by atoms with Gasteiger partial charge in [0, 0.05) is 18.7 Å². The van der Waals surface area contributed by atoms with Crippen LogP contribution in [0.25, 0.3) is 0 Å². The molecule has 0 aromatic carbocycles. The Morgan fingerprint density at radius 3 is 2.15 bits per heavy atom. The number of hydrogen-bond acceptors (Lipinski definition) is 1. The van der Waals surface area contributed by atoms with Crippen LogP contribution in [-0.2, 0) is 4.79 Å². The Labute approximate surface area is 81.6 Å². The Bertz CT molecular complexity index is 181. The minimum atomic E-state index is 0.179. The SMILES string of the molecule is CCC/C=C(\C)C(=O)N(CC)CC. The van der Waals surface area contributed by atoms with Crippen molar-refractivity contribution in [3.8, 4) is 0 Å². The number of amides is 1. The van der Waals surface area contributed by atoms with E-state index in [4.69, 9.17) is 0 Å². The third-order valence-corrected chi connectivity index (χ3v) is 2.13. The molecule has 0 spiro atoms. The second-order valence-electron chi connectivity index (χ2n) is 3.15. The van der Waals surface area contributed by atoms with Gasteiger partial charge in [-0.3, -0.25) is 4.79 Å². The summed E-state index contributed by atoms with van der Waals surface area (Å²) >= 11 is 0. The number of unbranched alkanes of at least 4 members (excludes halogenated alkanes) is 1. The fourth-order valence-electron chi connectivity index (χ4n) is 1.21. The van der Waals surface area contributed by atoms with E-state index in [2.05, 4.69) is 6.92 Å². The molecule has 0 radical (unpaired) electrons. The number of likely N-dealkylation sites (N-methyl/N-ethyl adjacent to an activating group) is 1. The third-order valence-electron chi connectivity index (χ3n) is 2.13. The summed E-state index contributed by atoms with van der Waals surface area (Å²) in [5.74, 6) is 0.179. The van der Waals surface area contributed by atoms with E-state index >= 15 is 0 Å². The van der Waals surface area contributed by atoms with Gasteiger partial charge >= 0.3 is 0 Å². The molecule has 0 saturated carbocycles. The summed E-state index contributed by atoms with van der Waals surface area (Å²) in [5, 5.41) is 0. The Morgan fingerprint density at radius 2 is 1.77 bits per heavy atom. The summed E-state index contributed by atoms with van der Waals surface area (Å²) in [6, 6.07) is 0. The number of hydrogen-bond donors (Lipinski definition) is 0.